The van der Waals surface area contributed by atoms with Crippen molar-refractivity contribution in [3.63, 3.8) is 0 Å². The average Bonchev–Trinajstić information content (AvgIpc) is 2.62. The van der Waals surface area contributed by atoms with Gasteiger partial charge in [0.1, 0.15) is 12.2 Å². The van der Waals surface area contributed by atoms with Crippen LogP contribution in [0.15, 0.2) is 6.33 Å². The second-order valence-corrected chi connectivity index (χ2v) is 6.23. The monoisotopic (exact) mass is 236 g/mol. The molecule has 4 heteroatoms. The Balaban J connectivity index is 2.12. The molecule has 1 saturated carbocycles. The van der Waals surface area contributed by atoms with Crippen LogP contribution in [-0.2, 0) is 13.0 Å². The van der Waals surface area contributed by atoms with Crippen molar-refractivity contribution in [2.45, 2.75) is 65.0 Å². The Kier molecular flexibility index (Phi) is 3.25. The highest BCUT2D eigenvalue weighted by atomic mass is 15.3. The third-order valence-electron chi connectivity index (χ3n) is 3.86. The molecule has 1 aliphatic rings. The Morgan fingerprint density at radius 1 is 1.41 bits per heavy atom. The van der Waals surface area contributed by atoms with Crippen LogP contribution in [0.2, 0.25) is 0 Å². The number of aryl methyl sites for hydroxylation is 1. The number of aromatic nitrogens is 3. The maximum Gasteiger partial charge on any atom is 0.138 e. The van der Waals surface area contributed by atoms with Crippen molar-refractivity contribution in [2.75, 3.05) is 0 Å². The molecule has 2 rings (SSSR count). The lowest BCUT2D eigenvalue weighted by molar-refractivity contribution is 0.148. The molecule has 1 heterocycles. The van der Waals surface area contributed by atoms with Gasteiger partial charge in [-0.2, -0.15) is 5.10 Å². The average molecular weight is 236 g/mol. The van der Waals surface area contributed by atoms with Crippen LogP contribution in [0.25, 0.3) is 0 Å². The van der Waals surface area contributed by atoms with Crippen molar-refractivity contribution in [3.8, 4) is 0 Å². The molecule has 1 fully saturated rings. The minimum Gasteiger partial charge on any atom is -0.325 e. The van der Waals surface area contributed by atoms with Crippen molar-refractivity contribution in [1.29, 1.82) is 0 Å². The van der Waals surface area contributed by atoms with E-state index in [2.05, 4.69) is 30.9 Å². The van der Waals surface area contributed by atoms with E-state index in [9.17, 15) is 0 Å². The molecule has 1 atom stereocenters. The fourth-order valence-electron chi connectivity index (χ4n) is 3.20. The Hall–Kier alpha value is -0.900. The van der Waals surface area contributed by atoms with Crippen molar-refractivity contribution in [3.05, 3.63) is 12.2 Å². The fourth-order valence-corrected chi connectivity index (χ4v) is 3.20. The number of nitrogens with zero attached hydrogens (tertiary/aromatic N) is 3. The summed E-state index contributed by atoms with van der Waals surface area (Å²) in [6.07, 6.45) is 7.18. The van der Waals surface area contributed by atoms with Gasteiger partial charge in [-0.3, -0.25) is 4.68 Å². The van der Waals surface area contributed by atoms with Crippen molar-refractivity contribution in [2.24, 2.45) is 11.1 Å². The highest BCUT2D eigenvalue weighted by Gasteiger charge is 2.37. The van der Waals surface area contributed by atoms with Gasteiger partial charge in [-0.15, -0.1) is 0 Å². The van der Waals surface area contributed by atoms with Crippen molar-refractivity contribution in [1.82, 2.24) is 14.8 Å². The molecular formula is C13H24N4. The molecule has 1 unspecified atom stereocenters. The summed E-state index contributed by atoms with van der Waals surface area (Å²) in [5.41, 5.74) is 6.84. The summed E-state index contributed by atoms with van der Waals surface area (Å²) >= 11 is 0. The van der Waals surface area contributed by atoms with E-state index in [-0.39, 0.29) is 5.54 Å². The van der Waals surface area contributed by atoms with Gasteiger partial charge in [0.05, 0.1) is 0 Å². The molecule has 17 heavy (non-hydrogen) atoms. The number of rotatable bonds is 3. The van der Waals surface area contributed by atoms with Crippen molar-refractivity contribution < 1.29 is 0 Å². The minimum atomic E-state index is -0.0955. The Morgan fingerprint density at radius 2 is 2.18 bits per heavy atom. The summed E-state index contributed by atoms with van der Waals surface area (Å²) in [5, 5.41) is 4.22. The predicted molar refractivity (Wildman–Crippen MR) is 68.6 cm³/mol. The van der Waals surface area contributed by atoms with E-state index < -0.39 is 0 Å². The van der Waals surface area contributed by atoms with Crippen molar-refractivity contribution >= 4 is 0 Å². The number of hydrogen-bond acceptors (Lipinski definition) is 3. The second kappa shape index (κ2) is 4.41. The molecule has 0 aliphatic heterocycles. The maximum atomic E-state index is 6.57. The molecular weight excluding hydrogens is 212 g/mol. The highest BCUT2D eigenvalue weighted by molar-refractivity contribution is 5.02. The molecule has 0 spiro atoms. The lowest BCUT2D eigenvalue weighted by Gasteiger charge is -2.42. The molecule has 1 aromatic rings. The first-order valence-corrected chi connectivity index (χ1v) is 6.60. The standard InChI is InChI=1S/C13H24N4/c1-4-17-11(15-10-16-17)8-13(14)7-5-6-12(2,3)9-13/h10H,4-9,14H2,1-3H3. The lowest BCUT2D eigenvalue weighted by Crippen LogP contribution is -2.49. The van der Waals surface area contributed by atoms with E-state index in [0.717, 1.165) is 31.6 Å². The Bertz CT molecular complexity index is 383. The Labute approximate surface area is 104 Å². The van der Waals surface area contributed by atoms with Crippen LogP contribution in [0.4, 0.5) is 0 Å². The fraction of sp³-hybridized carbons (Fsp3) is 0.846. The summed E-state index contributed by atoms with van der Waals surface area (Å²) in [6.45, 7) is 7.59. The second-order valence-electron chi connectivity index (χ2n) is 6.23. The molecule has 0 bridgehead atoms. The third kappa shape index (κ3) is 2.86. The van der Waals surface area contributed by atoms with Crippen LogP contribution >= 0.6 is 0 Å². The molecule has 4 nitrogen and oxygen atoms in total. The maximum absolute atomic E-state index is 6.57. The van der Waals surface area contributed by atoms with Gasteiger partial charge < -0.3 is 5.73 Å². The first-order valence-electron chi connectivity index (χ1n) is 6.60. The van der Waals surface area contributed by atoms with Crippen LogP contribution in [-0.4, -0.2) is 20.3 Å². The van der Waals surface area contributed by atoms with Crippen LogP contribution < -0.4 is 5.73 Å². The van der Waals surface area contributed by atoms with Crippen LogP contribution in [0.1, 0.15) is 52.3 Å². The summed E-state index contributed by atoms with van der Waals surface area (Å²) < 4.78 is 1.95. The zero-order chi connectivity index (χ0) is 12.5. The van der Waals surface area contributed by atoms with Gasteiger partial charge in [-0.25, -0.2) is 4.98 Å². The van der Waals surface area contributed by atoms with Gasteiger partial charge in [-0.05, 0) is 31.6 Å². The van der Waals surface area contributed by atoms with Gasteiger partial charge in [0.25, 0.3) is 0 Å². The molecule has 0 saturated heterocycles. The highest BCUT2D eigenvalue weighted by Crippen LogP contribution is 2.40. The first kappa shape index (κ1) is 12.6. The lowest BCUT2D eigenvalue weighted by atomic mass is 9.67. The van der Waals surface area contributed by atoms with E-state index in [1.54, 1.807) is 6.33 Å². The van der Waals surface area contributed by atoms with Gasteiger partial charge in [0, 0.05) is 18.5 Å². The minimum absolute atomic E-state index is 0.0955. The van der Waals surface area contributed by atoms with E-state index in [1.165, 1.54) is 12.8 Å². The topological polar surface area (TPSA) is 56.7 Å². The largest absolute Gasteiger partial charge is 0.325 e. The Morgan fingerprint density at radius 3 is 2.82 bits per heavy atom. The van der Waals surface area contributed by atoms with Gasteiger partial charge in [-0.1, -0.05) is 20.3 Å². The van der Waals surface area contributed by atoms with E-state index in [0.29, 0.717) is 5.41 Å². The summed E-state index contributed by atoms with van der Waals surface area (Å²) in [7, 11) is 0. The van der Waals surface area contributed by atoms with Crippen LogP contribution in [0, 0.1) is 5.41 Å². The van der Waals surface area contributed by atoms with Gasteiger partial charge in [0.15, 0.2) is 0 Å². The SMILES string of the molecule is CCn1ncnc1CC1(N)CCCC(C)(C)C1. The molecule has 0 radical (unpaired) electrons. The normalized spacial score (nSPS) is 28.2. The molecule has 96 valence electrons. The number of hydrogen-bond donors (Lipinski definition) is 1. The molecule has 0 amide bonds. The zero-order valence-corrected chi connectivity index (χ0v) is 11.2. The summed E-state index contributed by atoms with van der Waals surface area (Å²) in [4.78, 5) is 4.35. The first-order chi connectivity index (χ1) is 7.94. The number of nitrogens with two attached hydrogens (primary N) is 1. The van der Waals surface area contributed by atoms with E-state index >= 15 is 0 Å². The quantitative estimate of drug-likeness (QED) is 0.874. The predicted octanol–water partition coefficient (Wildman–Crippen LogP) is 2.14. The third-order valence-corrected chi connectivity index (χ3v) is 3.86. The zero-order valence-electron chi connectivity index (χ0n) is 11.2. The molecule has 1 aliphatic carbocycles. The molecule has 2 N–H and O–H groups in total. The molecule has 1 aromatic heterocycles. The molecule has 0 aromatic carbocycles. The van der Waals surface area contributed by atoms with E-state index in [1.807, 2.05) is 4.68 Å². The summed E-state index contributed by atoms with van der Waals surface area (Å²) in [5.74, 6) is 1.03. The smallest absolute Gasteiger partial charge is 0.138 e. The van der Waals surface area contributed by atoms with Gasteiger partial charge >= 0.3 is 0 Å². The van der Waals surface area contributed by atoms with Gasteiger partial charge in [0.2, 0.25) is 0 Å². The van der Waals surface area contributed by atoms with Crippen LogP contribution in [0.3, 0.4) is 0 Å². The summed E-state index contributed by atoms with van der Waals surface area (Å²) in [6, 6.07) is 0. The van der Waals surface area contributed by atoms with E-state index in [4.69, 9.17) is 5.73 Å². The van der Waals surface area contributed by atoms with Crippen LogP contribution in [0.5, 0.6) is 0 Å².